The van der Waals surface area contributed by atoms with E-state index in [2.05, 4.69) is 5.32 Å². The summed E-state index contributed by atoms with van der Waals surface area (Å²) in [4.78, 5) is 23.5. The highest BCUT2D eigenvalue weighted by Crippen LogP contribution is 2.18. The summed E-state index contributed by atoms with van der Waals surface area (Å²) in [5, 5.41) is 26.8. The van der Waals surface area contributed by atoms with Crippen molar-refractivity contribution in [1.29, 1.82) is 10.8 Å². The lowest BCUT2D eigenvalue weighted by Gasteiger charge is -2.18. The van der Waals surface area contributed by atoms with Crippen LogP contribution in [0.5, 0.6) is 0 Å². The van der Waals surface area contributed by atoms with Crippen LogP contribution in [-0.2, 0) is 16.0 Å². The van der Waals surface area contributed by atoms with E-state index < -0.39 is 12.0 Å². The smallest absolute Gasteiger partial charge is 0.305 e. The van der Waals surface area contributed by atoms with Crippen molar-refractivity contribution in [3.63, 3.8) is 0 Å². The number of aliphatic carboxylic acids is 1. The Morgan fingerprint density at radius 3 is 1.93 bits per heavy atom. The largest absolute Gasteiger partial charge is 0.481 e. The van der Waals surface area contributed by atoms with Crippen LogP contribution in [0.3, 0.4) is 0 Å². The normalized spacial score (nSPS) is 11.5. The molecule has 0 radical (unpaired) electrons. The van der Waals surface area contributed by atoms with E-state index in [0.29, 0.717) is 29.5 Å². The Hall–Kier alpha value is -3.68. The van der Waals surface area contributed by atoms with Gasteiger partial charge in [-0.05, 0) is 30.4 Å². The maximum atomic E-state index is 12.3. The van der Waals surface area contributed by atoms with Gasteiger partial charge in [0.05, 0.1) is 12.5 Å². The number of aryl methyl sites for hydroxylation is 1. The van der Waals surface area contributed by atoms with Crippen LogP contribution in [0.25, 0.3) is 0 Å². The molecule has 2 aromatic carbocycles. The molecule has 1 unspecified atom stereocenters. The molecule has 1 atom stereocenters. The van der Waals surface area contributed by atoms with Crippen LogP contribution in [0, 0.1) is 10.8 Å². The second kappa shape index (κ2) is 10.8. The van der Waals surface area contributed by atoms with E-state index in [1.54, 1.807) is 36.4 Å². The zero-order valence-electron chi connectivity index (χ0n) is 16.7. The molecule has 158 valence electrons. The highest BCUT2D eigenvalue weighted by Gasteiger charge is 2.18. The molecule has 2 rings (SSSR count). The van der Waals surface area contributed by atoms with Crippen LogP contribution < -0.4 is 16.8 Å². The monoisotopic (exact) mass is 409 g/mol. The third-order valence-electron chi connectivity index (χ3n) is 4.72. The number of unbranched alkanes of at least 4 members (excludes halogenated alkanes) is 1. The molecule has 0 aliphatic carbocycles. The predicted octanol–water partition coefficient (Wildman–Crippen LogP) is 2.30. The Balaban J connectivity index is 1.85. The minimum absolute atomic E-state index is 0.0325. The summed E-state index contributed by atoms with van der Waals surface area (Å²) in [5.41, 5.74) is 13.9. The molecule has 8 N–H and O–H groups in total. The lowest BCUT2D eigenvalue weighted by molar-refractivity contribution is -0.137. The molecule has 0 aliphatic heterocycles. The molecule has 8 heteroatoms. The second-order valence-electron chi connectivity index (χ2n) is 7.07. The molecule has 0 aromatic heterocycles. The predicted molar refractivity (Wildman–Crippen MR) is 116 cm³/mol. The number of amides is 1. The fourth-order valence-electron chi connectivity index (χ4n) is 3.05. The van der Waals surface area contributed by atoms with Crippen LogP contribution in [0.1, 0.15) is 54.0 Å². The van der Waals surface area contributed by atoms with Crippen molar-refractivity contribution in [1.82, 2.24) is 5.32 Å². The molecule has 1 amide bonds. The topological polar surface area (TPSA) is 166 Å². The van der Waals surface area contributed by atoms with Crippen molar-refractivity contribution < 1.29 is 14.7 Å². The summed E-state index contributed by atoms with van der Waals surface area (Å²) in [5.74, 6) is -1.25. The van der Waals surface area contributed by atoms with Crippen LogP contribution >= 0.6 is 0 Å². The third-order valence-corrected chi connectivity index (χ3v) is 4.72. The Bertz CT molecular complexity index is 907. The molecule has 0 heterocycles. The molecular formula is C22H27N5O3. The van der Waals surface area contributed by atoms with E-state index in [9.17, 15) is 9.59 Å². The lowest BCUT2D eigenvalue weighted by Crippen LogP contribution is -2.30. The fraction of sp³-hybridized carbons (Fsp3) is 0.273. The summed E-state index contributed by atoms with van der Waals surface area (Å²) in [6, 6.07) is 13.4. The number of carbonyl (C=O) groups excluding carboxylic acids is 1. The highest BCUT2D eigenvalue weighted by atomic mass is 16.4. The lowest BCUT2D eigenvalue weighted by atomic mass is 10.0. The number of carboxylic acid groups (broad SMARTS) is 1. The summed E-state index contributed by atoms with van der Waals surface area (Å²) >= 11 is 0. The van der Waals surface area contributed by atoms with Gasteiger partial charge in [-0.25, -0.2) is 0 Å². The molecule has 2 aromatic rings. The van der Waals surface area contributed by atoms with Gasteiger partial charge in [0.2, 0.25) is 5.91 Å². The molecule has 0 aliphatic rings. The van der Waals surface area contributed by atoms with Gasteiger partial charge in [-0.2, -0.15) is 0 Å². The Labute approximate surface area is 175 Å². The van der Waals surface area contributed by atoms with Crippen molar-refractivity contribution in [2.45, 2.75) is 38.1 Å². The highest BCUT2D eigenvalue weighted by molar-refractivity contribution is 5.95. The van der Waals surface area contributed by atoms with Gasteiger partial charge in [0.1, 0.15) is 11.7 Å². The number of nitrogens with two attached hydrogens (primary N) is 2. The van der Waals surface area contributed by atoms with Crippen LogP contribution in [0.2, 0.25) is 0 Å². The van der Waals surface area contributed by atoms with E-state index in [0.717, 1.165) is 18.4 Å². The van der Waals surface area contributed by atoms with Crippen LogP contribution in [0.15, 0.2) is 48.5 Å². The summed E-state index contributed by atoms with van der Waals surface area (Å²) in [6.07, 6.45) is 2.35. The van der Waals surface area contributed by atoms with Crippen molar-refractivity contribution in [2.24, 2.45) is 11.5 Å². The van der Waals surface area contributed by atoms with Crippen molar-refractivity contribution in [3.8, 4) is 0 Å². The summed E-state index contributed by atoms with van der Waals surface area (Å²) in [6.45, 7) is 0. The number of benzene rings is 2. The average molecular weight is 409 g/mol. The van der Waals surface area contributed by atoms with Crippen molar-refractivity contribution in [3.05, 3.63) is 70.8 Å². The Kier molecular flexibility index (Phi) is 8.10. The molecular weight excluding hydrogens is 382 g/mol. The summed E-state index contributed by atoms with van der Waals surface area (Å²) in [7, 11) is 0. The van der Waals surface area contributed by atoms with Crippen molar-refractivity contribution >= 4 is 23.5 Å². The SMILES string of the molecule is N=C(N)c1ccc(CCCCC(=O)NC(CC(=O)O)c2ccc(C(=N)N)cc2)cc1. The van der Waals surface area contributed by atoms with Gasteiger partial charge in [-0.3, -0.25) is 20.4 Å². The number of rotatable bonds is 11. The van der Waals surface area contributed by atoms with Gasteiger partial charge in [0.25, 0.3) is 0 Å². The number of hydrogen-bond donors (Lipinski definition) is 6. The van der Waals surface area contributed by atoms with Crippen LogP contribution in [-0.4, -0.2) is 28.7 Å². The maximum Gasteiger partial charge on any atom is 0.305 e. The number of hydrogen-bond acceptors (Lipinski definition) is 4. The number of carboxylic acids is 1. The van der Waals surface area contributed by atoms with E-state index in [-0.39, 0.29) is 24.0 Å². The first-order valence-electron chi connectivity index (χ1n) is 9.65. The quantitative estimate of drug-likeness (QED) is 0.190. The van der Waals surface area contributed by atoms with Crippen molar-refractivity contribution in [2.75, 3.05) is 0 Å². The minimum atomic E-state index is -1.01. The number of amidine groups is 2. The Morgan fingerprint density at radius 2 is 1.43 bits per heavy atom. The Morgan fingerprint density at radius 1 is 0.900 bits per heavy atom. The summed E-state index contributed by atoms with van der Waals surface area (Å²) < 4.78 is 0. The van der Waals surface area contributed by atoms with E-state index in [4.69, 9.17) is 27.4 Å². The van der Waals surface area contributed by atoms with Gasteiger partial charge >= 0.3 is 5.97 Å². The third kappa shape index (κ3) is 7.05. The van der Waals surface area contributed by atoms with E-state index in [1.807, 2.05) is 12.1 Å². The molecule has 8 nitrogen and oxygen atoms in total. The zero-order chi connectivity index (χ0) is 22.1. The molecule has 0 fully saturated rings. The number of nitrogens with one attached hydrogen (secondary N) is 3. The number of nitrogen functional groups attached to an aromatic ring is 2. The number of carbonyl (C=O) groups is 2. The first-order valence-corrected chi connectivity index (χ1v) is 9.65. The van der Waals surface area contributed by atoms with Gasteiger partial charge in [-0.15, -0.1) is 0 Å². The first kappa shape index (κ1) is 22.6. The minimum Gasteiger partial charge on any atom is -0.481 e. The maximum absolute atomic E-state index is 12.3. The first-order chi connectivity index (χ1) is 14.3. The van der Waals surface area contributed by atoms with Gasteiger partial charge in [0, 0.05) is 17.5 Å². The van der Waals surface area contributed by atoms with Gasteiger partial charge in [0.15, 0.2) is 0 Å². The molecule has 30 heavy (non-hydrogen) atoms. The molecule has 0 spiro atoms. The second-order valence-corrected chi connectivity index (χ2v) is 7.07. The molecule has 0 saturated carbocycles. The molecule has 0 saturated heterocycles. The van der Waals surface area contributed by atoms with E-state index >= 15 is 0 Å². The average Bonchev–Trinajstić information content (AvgIpc) is 2.71. The van der Waals surface area contributed by atoms with Crippen LogP contribution in [0.4, 0.5) is 0 Å². The molecule has 0 bridgehead atoms. The zero-order valence-corrected chi connectivity index (χ0v) is 16.7. The fourth-order valence-corrected chi connectivity index (χ4v) is 3.05. The van der Waals surface area contributed by atoms with Gasteiger partial charge < -0.3 is 21.9 Å². The standard InChI is InChI=1S/C22H27N5O3/c23-21(24)16-7-5-14(6-8-16)3-1-2-4-19(28)27-18(13-20(29)30)15-9-11-17(12-10-15)22(25)26/h5-12,18H,1-4,13H2,(H3,23,24)(H3,25,26)(H,27,28)(H,29,30). The van der Waals surface area contributed by atoms with E-state index in [1.165, 1.54) is 0 Å². The van der Waals surface area contributed by atoms with Gasteiger partial charge in [-0.1, -0.05) is 48.5 Å².